The van der Waals surface area contributed by atoms with Gasteiger partial charge < -0.3 is 4.90 Å². The molecule has 4 nitrogen and oxygen atoms in total. The molecule has 1 atom stereocenters. The lowest BCUT2D eigenvalue weighted by molar-refractivity contribution is -0.131. The molecule has 0 bridgehead atoms. The van der Waals surface area contributed by atoms with E-state index in [-0.39, 0.29) is 12.1 Å². The first-order valence-electron chi connectivity index (χ1n) is 3.85. The highest BCUT2D eigenvalue weighted by Crippen LogP contribution is 2.07. The zero-order valence-corrected chi connectivity index (χ0v) is 7.56. The van der Waals surface area contributed by atoms with Crippen molar-refractivity contribution in [3.8, 4) is 0 Å². The Bertz CT molecular complexity index is 255. The predicted octanol–water partition coefficient (Wildman–Crippen LogP) is 0.880. The van der Waals surface area contributed by atoms with Gasteiger partial charge in [0.2, 0.25) is 5.91 Å². The van der Waals surface area contributed by atoms with Crippen LogP contribution < -0.4 is 0 Å². The Morgan fingerprint density at radius 2 is 2.33 bits per heavy atom. The molecule has 66 valence electrons. The number of rotatable bonds is 2. The molecule has 1 aromatic heterocycles. The van der Waals surface area contributed by atoms with Crippen LogP contribution in [0.25, 0.3) is 0 Å². The fourth-order valence-electron chi connectivity index (χ4n) is 0.942. The Hall–Kier alpha value is -1.32. The third kappa shape index (κ3) is 1.64. The van der Waals surface area contributed by atoms with Crippen LogP contribution in [0.5, 0.6) is 0 Å². The quantitative estimate of drug-likeness (QED) is 0.655. The molecular formula is C8H13N3O. The highest BCUT2D eigenvalue weighted by atomic mass is 16.2. The molecule has 1 heterocycles. The molecule has 0 aliphatic rings. The number of hydrogen-bond acceptors (Lipinski definition) is 2. The first-order valence-corrected chi connectivity index (χ1v) is 3.85. The number of amides is 1. The molecule has 0 saturated heterocycles. The second kappa shape index (κ2) is 3.38. The number of hydrogen-bond donors (Lipinski definition) is 0. The van der Waals surface area contributed by atoms with E-state index in [1.54, 1.807) is 29.7 Å². The van der Waals surface area contributed by atoms with Gasteiger partial charge in [-0.3, -0.25) is 9.48 Å². The van der Waals surface area contributed by atoms with Crippen LogP contribution in [-0.4, -0.2) is 27.6 Å². The van der Waals surface area contributed by atoms with Gasteiger partial charge in [-0.1, -0.05) is 0 Å². The maximum atomic E-state index is 11.0. The minimum Gasteiger partial charge on any atom is -0.324 e. The lowest BCUT2D eigenvalue weighted by Gasteiger charge is -2.23. The van der Waals surface area contributed by atoms with E-state index in [2.05, 4.69) is 5.10 Å². The molecule has 1 rings (SSSR count). The molecule has 0 fully saturated rings. The minimum absolute atomic E-state index is 0.0162. The number of aromatic nitrogens is 2. The van der Waals surface area contributed by atoms with E-state index in [1.807, 2.05) is 19.2 Å². The van der Waals surface area contributed by atoms with Crippen LogP contribution in [0.2, 0.25) is 0 Å². The molecule has 1 aromatic rings. The van der Waals surface area contributed by atoms with Crippen molar-refractivity contribution in [3.63, 3.8) is 0 Å². The Morgan fingerprint density at radius 3 is 2.75 bits per heavy atom. The SMILES string of the molecule is CC(=O)N(C)C(C)n1cccn1. The summed E-state index contributed by atoms with van der Waals surface area (Å²) in [5.74, 6) is 0.0398. The average Bonchev–Trinajstić information content (AvgIpc) is 2.53. The Labute approximate surface area is 71.8 Å². The summed E-state index contributed by atoms with van der Waals surface area (Å²) in [6.07, 6.45) is 3.52. The fraction of sp³-hybridized carbons (Fsp3) is 0.500. The van der Waals surface area contributed by atoms with Crippen LogP contribution in [0, 0.1) is 0 Å². The van der Waals surface area contributed by atoms with Gasteiger partial charge in [-0.05, 0) is 13.0 Å². The van der Waals surface area contributed by atoms with Gasteiger partial charge in [0, 0.05) is 26.4 Å². The molecule has 0 aliphatic heterocycles. The smallest absolute Gasteiger partial charge is 0.220 e. The van der Waals surface area contributed by atoms with E-state index < -0.39 is 0 Å². The summed E-state index contributed by atoms with van der Waals surface area (Å²) in [6.45, 7) is 3.47. The predicted molar refractivity (Wildman–Crippen MR) is 45.4 cm³/mol. The first kappa shape index (κ1) is 8.77. The number of nitrogens with zero attached hydrogens (tertiary/aromatic N) is 3. The molecule has 0 radical (unpaired) electrons. The van der Waals surface area contributed by atoms with Crippen molar-refractivity contribution in [2.24, 2.45) is 0 Å². The number of carbonyl (C=O) groups is 1. The van der Waals surface area contributed by atoms with E-state index >= 15 is 0 Å². The minimum atomic E-state index is -0.0162. The summed E-state index contributed by atoms with van der Waals surface area (Å²) in [5.41, 5.74) is 0. The van der Waals surface area contributed by atoms with Gasteiger partial charge in [0.15, 0.2) is 0 Å². The van der Waals surface area contributed by atoms with Crippen molar-refractivity contribution >= 4 is 5.91 Å². The maximum absolute atomic E-state index is 11.0. The standard InChI is InChI=1S/C8H13N3O/c1-7(10(3)8(2)12)11-6-4-5-9-11/h4-7H,1-3H3. The van der Waals surface area contributed by atoms with E-state index in [4.69, 9.17) is 0 Å². The van der Waals surface area contributed by atoms with Crippen LogP contribution in [0.4, 0.5) is 0 Å². The highest BCUT2D eigenvalue weighted by molar-refractivity contribution is 5.72. The molecule has 4 heteroatoms. The zero-order chi connectivity index (χ0) is 9.14. The van der Waals surface area contributed by atoms with Crippen LogP contribution in [0.15, 0.2) is 18.5 Å². The van der Waals surface area contributed by atoms with E-state index in [0.717, 1.165) is 0 Å². The van der Waals surface area contributed by atoms with Crippen molar-refractivity contribution in [2.45, 2.75) is 20.0 Å². The van der Waals surface area contributed by atoms with Crippen LogP contribution in [-0.2, 0) is 4.79 Å². The summed E-state index contributed by atoms with van der Waals surface area (Å²) >= 11 is 0. The molecule has 12 heavy (non-hydrogen) atoms. The van der Waals surface area contributed by atoms with Crippen molar-refractivity contribution in [1.29, 1.82) is 0 Å². The normalized spacial score (nSPS) is 12.6. The Balaban J connectivity index is 2.71. The van der Waals surface area contributed by atoms with Gasteiger partial charge in [-0.15, -0.1) is 0 Å². The van der Waals surface area contributed by atoms with Crippen molar-refractivity contribution in [3.05, 3.63) is 18.5 Å². The van der Waals surface area contributed by atoms with Gasteiger partial charge in [0.25, 0.3) is 0 Å². The van der Waals surface area contributed by atoms with E-state index in [0.29, 0.717) is 0 Å². The maximum Gasteiger partial charge on any atom is 0.220 e. The summed E-state index contributed by atoms with van der Waals surface area (Å²) in [7, 11) is 1.76. The lowest BCUT2D eigenvalue weighted by Crippen LogP contribution is -2.31. The topological polar surface area (TPSA) is 38.1 Å². The molecular weight excluding hydrogens is 154 g/mol. The third-order valence-corrected chi connectivity index (χ3v) is 1.96. The van der Waals surface area contributed by atoms with Gasteiger partial charge >= 0.3 is 0 Å². The first-order chi connectivity index (χ1) is 5.63. The third-order valence-electron chi connectivity index (χ3n) is 1.96. The molecule has 0 aromatic carbocycles. The lowest BCUT2D eigenvalue weighted by atomic mass is 10.4. The summed E-state index contributed by atoms with van der Waals surface area (Å²) in [5, 5.41) is 4.04. The van der Waals surface area contributed by atoms with E-state index in [1.165, 1.54) is 0 Å². The second-order valence-electron chi connectivity index (χ2n) is 2.75. The van der Waals surface area contributed by atoms with Gasteiger partial charge in [0.05, 0.1) is 0 Å². The Kier molecular flexibility index (Phi) is 2.47. The van der Waals surface area contributed by atoms with Gasteiger partial charge in [-0.25, -0.2) is 0 Å². The summed E-state index contributed by atoms with van der Waals surface area (Å²) < 4.78 is 1.74. The molecule has 0 N–H and O–H groups in total. The largest absolute Gasteiger partial charge is 0.324 e. The molecule has 1 amide bonds. The molecule has 0 spiro atoms. The van der Waals surface area contributed by atoms with Gasteiger partial charge in [0.1, 0.15) is 6.17 Å². The summed E-state index contributed by atoms with van der Waals surface area (Å²) in [4.78, 5) is 12.6. The highest BCUT2D eigenvalue weighted by Gasteiger charge is 2.12. The Morgan fingerprint density at radius 1 is 1.67 bits per heavy atom. The van der Waals surface area contributed by atoms with Gasteiger partial charge in [-0.2, -0.15) is 5.10 Å². The van der Waals surface area contributed by atoms with Crippen molar-refractivity contribution in [1.82, 2.24) is 14.7 Å². The summed E-state index contributed by atoms with van der Waals surface area (Å²) in [6, 6.07) is 1.84. The van der Waals surface area contributed by atoms with Crippen molar-refractivity contribution < 1.29 is 4.79 Å². The molecule has 0 saturated carbocycles. The zero-order valence-electron chi connectivity index (χ0n) is 7.56. The van der Waals surface area contributed by atoms with Crippen molar-refractivity contribution in [2.75, 3.05) is 7.05 Å². The second-order valence-corrected chi connectivity index (χ2v) is 2.75. The molecule has 1 unspecified atom stereocenters. The van der Waals surface area contributed by atoms with E-state index in [9.17, 15) is 4.79 Å². The number of carbonyl (C=O) groups excluding carboxylic acids is 1. The molecule has 0 aliphatic carbocycles. The van der Waals surface area contributed by atoms with Crippen LogP contribution in [0.1, 0.15) is 20.0 Å². The van der Waals surface area contributed by atoms with Crippen LogP contribution in [0.3, 0.4) is 0 Å². The fourth-order valence-corrected chi connectivity index (χ4v) is 0.942. The average molecular weight is 167 g/mol. The van der Waals surface area contributed by atoms with Crippen LogP contribution >= 0.6 is 0 Å². The monoisotopic (exact) mass is 167 g/mol.